The number of ether oxygens (including phenoxy) is 2. The largest absolute Gasteiger partial charge is 0.485 e. The number of unbranched alkanes of at least 4 members (excludes halogenated alkanes) is 2. The molecule has 0 aliphatic carbocycles. The SMILES string of the molecule is CCCCCN(C(=O)OC(C)(C)C)[C@H]1c2cc3c(cc2OC(C)(C)[C@@H]1O)c(C)cc(Cl)[n+]3O. The molecule has 0 spiro atoms. The summed E-state index contributed by atoms with van der Waals surface area (Å²) < 4.78 is 12.8. The summed E-state index contributed by atoms with van der Waals surface area (Å²) in [6, 6.07) is 4.53. The van der Waals surface area contributed by atoms with Gasteiger partial charge in [0.05, 0.1) is 11.4 Å². The summed E-state index contributed by atoms with van der Waals surface area (Å²) in [5.74, 6) is 0.553. The molecular weight excluding hydrogens is 444 g/mol. The number of pyridine rings is 1. The quantitative estimate of drug-likeness (QED) is 0.262. The topological polar surface area (TPSA) is 83.1 Å². The molecule has 1 amide bonds. The summed E-state index contributed by atoms with van der Waals surface area (Å²) in [5.41, 5.74) is 0.306. The molecule has 2 atom stereocenters. The summed E-state index contributed by atoms with van der Waals surface area (Å²) in [7, 11) is 0. The molecule has 2 aromatic rings. The van der Waals surface area contributed by atoms with Crippen molar-refractivity contribution in [1.82, 2.24) is 4.90 Å². The second kappa shape index (κ2) is 9.18. The van der Waals surface area contributed by atoms with Gasteiger partial charge in [0, 0.05) is 29.0 Å². The van der Waals surface area contributed by atoms with Crippen molar-refractivity contribution in [2.75, 3.05) is 6.54 Å². The summed E-state index contributed by atoms with van der Waals surface area (Å²) in [5, 5.41) is 22.9. The van der Waals surface area contributed by atoms with E-state index in [1.807, 2.05) is 33.8 Å². The number of carbonyl (C=O) groups is 1. The first kappa shape index (κ1) is 25.4. The smallest absolute Gasteiger partial charge is 0.410 e. The Kier molecular flexibility index (Phi) is 7.06. The van der Waals surface area contributed by atoms with Crippen LogP contribution in [0.2, 0.25) is 5.15 Å². The minimum Gasteiger partial charge on any atom is -0.485 e. The molecule has 33 heavy (non-hydrogen) atoms. The molecule has 1 aliphatic rings. The Morgan fingerprint density at radius 2 is 1.94 bits per heavy atom. The zero-order valence-corrected chi connectivity index (χ0v) is 21.4. The van der Waals surface area contributed by atoms with Crippen LogP contribution in [-0.2, 0) is 4.74 Å². The van der Waals surface area contributed by atoms with E-state index in [2.05, 4.69) is 6.92 Å². The first-order valence-corrected chi connectivity index (χ1v) is 11.9. The van der Waals surface area contributed by atoms with E-state index in [1.54, 1.807) is 30.9 Å². The van der Waals surface area contributed by atoms with Crippen LogP contribution < -0.4 is 9.47 Å². The van der Waals surface area contributed by atoms with E-state index in [9.17, 15) is 15.1 Å². The summed E-state index contributed by atoms with van der Waals surface area (Å²) in [6.07, 6.45) is 1.19. The van der Waals surface area contributed by atoms with Gasteiger partial charge in [-0.1, -0.05) is 19.8 Å². The highest BCUT2D eigenvalue weighted by Crippen LogP contribution is 2.45. The molecule has 0 saturated heterocycles. The number of aliphatic hydroxyl groups excluding tert-OH is 1. The minimum atomic E-state index is -1.02. The number of aromatic nitrogens is 1. The van der Waals surface area contributed by atoms with Crippen molar-refractivity contribution in [2.24, 2.45) is 0 Å². The van der Waals surface area contributed by atoms with Gasteiger partial charge in [-0.2, -0.15) is 0 Å². The highest BCUT2D eigenvalue weighted by molar-refractivity contribution is 6.28. The van der Waals surface area contributed by atoms with E-state index < -0.39 is 29.4 Å². The van der Waals surface area contributed by atoms with Crippen molar-refractivity contribution < 1.29 is 29.3 Å². The Balaban J connectivity index is 2.21. The lowest BCUT2D eigenvalue weighted by Gasteiger charge is -2.46. The summed E-state index contributed by atoms with van der Waals surface area (Å²) in [4.78, 5) is 14.9. The summed E-state index contributed by atoms with van der Waals surface area (Å²) >= 11 is 6.20. The fraction of sp³-hybridized carbons (Fsp3) is 0.600. The molecule has 0 radical (unpaired) electrons. The van der Waals surface area contributed by atoms with Crippen LogP contribution >= 0.6 is 11.6 Å². The molecule has 1 aliphatic heterocycles. The predicted molar refractivity (Wildman–Crippen MR) is 127 cm³/mol. The zero-order chi connectivity index (χ0) is 24.7. The number of rotatable bonds is 5. The van der Waals surface area contributed by atoms with Crippen LogP contribution in [-0.4, -0.2) is 45.2 Å². The zero-order valence-electron chi connectivity index (χ0n) is 20.6. The fourth-order valence-corrected chi connectivity index (χ4v) is 4.51. The molecule has 182 valence electrons. The number of benzene rings is 1. The van der Waals surface area contributed by atoms with Crippen molar-refractivity contribution >= 4 is 28.6 Å². The number of hydrogen-bond acceptors (Lipinski definition) is 5. The first-order valence-electron chi connectivity index (χ1n) is 11.5. The molecule has 0 fully saturated rings. The van der Waals surface area contributed by atoms with Gasteiger partial charge in [-0.3, -0.25) is 10.1 Å². The van der Waals surface area contributed by atoms with Gasteiger partial charge in [0.15, 0.2) is 0 Å². The van der Waals surface area contributed by atoms with Gasteiger partial charge in [0.2, 0.25) is 0 Å². The number of halogens is 1. The highest BCUT2D eigenvalue weighted by Gasteiger charge is 2.48. The number of aliphatic hydroxyl groups is 1. The monoisotopic (exact) mass is 479 g/mol. The minimum absolute atomic E-state index is 0.168. The standard InChI is InChI=1S/C25H36ClN2O5/c1-8-9-10-11-27(23(30)33-24(3,4)5)21-17-13-18-16(15(2)12-20(26)28(18)31)14-19(17)32-25(6,7)22(21)29/h12-14,21-22,29,31H,8-11H2,1-7H3/q+1/t21-,22+/m0/s1. The van der Waals surface area contributed by atoms with E-state index in [0.717, 1.165) is 34.9 Å². The molecule has 3 rings (SSSR count). The third-order valence-corrected chi connectivity index (χ3v) is 6.26. The Labute approximate surface area is 200 Å². The van der Waals surface area contributed by atoms with Crippen molar-refractivity contribution in [1.29, 1.82) is 0 Å². The normalized spacial score (nSPS) is 19.7. The third-order valence-electron chi connectivity index (χ3n) is 5.99. The average molecular weight is 480 g/mol. The van der Waals surface area contributed by atoms with Crippen LogP contribution in [0.15, 0.2) is 18.2 Å². The Morgan fingerprint density at radius 3 is 2.55 bits per heavy atom. The fourth-order valence-electron chi connectivity index (χ4n) is 4.26. The second-order valence-electron chi connectivity index (χ2n) is 10.3. The lowest BCUT2D eigenvalue weighted by molar-refractivity contribution is -0.882. The lowest BCUT2D eigenvalue weighted by atomic mass is 9.84. The van der Waals surface area contributed by atoms with Gasteiger partial charge in [0.1, 0.15) is 23.1 Å². The number of aryl methyl sites for hydroxylation is 1. The van der Waals surface area contributed by atoms with Crippen molar-refractivity contribution in [3.63, 3.8) is 0 Å². The van der Waals surface area contributed by atoms with Crippen LogP contribution in [0.4, 0.5) is 4.79 Å². The number of fused-ring (bicyclic) bond motifs is 2. The van der Waals surface area contributed by atoms with Crippen LogP contribution in [0.25, 0.3) is 10.9 Å². The first-order chi connectivity index (χ1) is 15.3. The molecule has 1 aromatic heterocycles. The van der Waals surface area contributed by atoms with Crippen LogP contribution in [0.3, 0.4) is 0 Å². The number of nitrogens with zero attached hydrogens (tertiary/aromatic N) is 2. The summed E-state index contributed by atoms with van der Waals surface area (Å²) in [6.45, 7) is 13.5. The molecule has 7 nitrogen and oxygen atoms in total. The Bertz CT molecular complexity index is 1050. The van der Waals surface area contributed by atoms with E-state index in [0.29, 0.717) is 23.4 Å². The van der Waals surface area contributed by atoms with Crippen LogP contribution in [0, 0.1) is 6.92 Å². The number of carbonyl (C=O) groups excluding carboxylic acids is 1. The van der Waals surface area contributed by atoms with Crippen LogP contribution in [0.5, 0.6) is 5.75 Å². The van der Waals surface area contributed by atoms with Crippen LogP contribution in [0.1, 0.15) is 78.0 Å². The molecule has 0 unspecified atom stereocenters. The van der Waals surface area contributed by atoms with Crippen molar-refractivity contribution in [2.45, 2.75) is 91.1 Å². The molecule has 2 N–H and O–H groups in total. The maximum absolute atomic E-state index is 13.3. The predicted octanol–water partition coefficient (Wildman–Crippen LogP) is 5.33. The molecule has 1 aromatic carbocycles. The molecule has 0 saturated carbocycles. The molecule has 0 bridgehead atoms. The van der Waals surface area contributed by atoms with Crippen molar-refractivity contribution in [3.8, 4) is 5.75 Å². The van der Waals surface area contributed by atoms with Crippen molar-refractivity contribution in [3.05, 3.63) is 34.5 Å². The molecular formula is C25H36ClN2O5+. The maximum Gasteiger partial charge on any atom is 0.410 e. The van der Waals surface area contributed by atoms with Gasteiger partial charge in [0.25, 0.3) is 5.52 Å². The maximum atomic E-state index is 13.3. The van der Waals surface area contributed by atoms with Gasteiger partial charge in [-0.05, 0) is 71.2 Å². The van der Waals surface area contributed by atoms with E-state index in [1.165, 1.54) is 0 Å². The van der Waals surface area contributed by atoms with Gasteiger partial charge in [-0.15, -0.1) is 0 Å². The average Bonchev–Trinajstić information content (AvgIpc) is 2.69. The van der Waals surface area contributed by atoms with Gasteiger partial charge in [-0.25, -0.2) is 4.79 Å². The molecule has 2 heterocycles. The highest BCUT2D eigenvalue weighted by atomic mass is 35.5. The molecule has 8 heteroatoms. The number of hydrogen-bond donors (Lipinski definition) is 2. The third kappa shape index (κ3) is 5.14. The Hall–Kier alpha value is -2.25. The lowest BCUT2D eigenvalue weighted by Crippen LogP contribution is -2.55. The van der Waals surface area contributed by atoms with Gasteiger partial charge < -0.3 is 14.6 Å². The van der Waals surface area contributed by atoms with E-state index in [-0.39, 0.29) is 5.15 Å². The Morgan fingerprint density at radius 1 is 1.27 bits per heavy atom. The van der Waals surface area contributed by atoms with E-state index >= 15 is 0 Å². The number of amides is 1. The van der Waals surface area contributed by atoms with E-state index in [4.69, 9.17) is 21.1 Å². The van der Waals surface area contributed by atoms with Gasteiger partial charge >= 0.3 is 11.2 Å². The second-order valence-corrected chi connectivity index (χ2v) is 10.7.